The van der Waals surface area contributed by atoms with Gasteiger partial charge in [-0.15, -0.1) is 11.3 Å². The molecule has 1 aliphatic carbocycles. The van der Waals surface area contributed by atoms with Crippen LogP contribution in [0.15, 0.2) is 47.3 Å². The zero-order chi connectivity index (χ0) is 14.5. The molecule has 0 saturated heterocycles. The quantitative estimate of drug-likeness (QED) is 0.847. The van der Waals surface area contributed by atoms with E-state index in [2.05, 4.69) is 29.6 Å². The lowest BCUT2D eigenvalue weighted by Gasteiger charge is -2.16. The van der Waals surface area contributed by atoms with Gasteiger partial charge in [-0.25, -0.2) is 0 Å². The van der Waals surface area contributed by atoms with Crippen LogP contribution in [0.3, 0.4) is 0 Å². The Labute approximate surface area is 128 Å². The summed E-state index contributed by atoms with van der Waals surface area (Å²) in [5, 5.41) is 3.06. The highest BCUT2D eigenvalue weighted by molar-refractivity contribution is 7.15. The van der Waals surface area contributed by atoms with E-state index in [4.69, 9.17) is 4.42 Å². The number of furan rings is 1. The first-order valence-corrected chi connectivity index (χ1v) is 8.18. The molecule has 0 spiro atoms. The van der Waals surface area contributed by atoms with Crippen LogP contribution in [0.4, 0.5) is 0 Å². The third-order valence-corrected chi connectivity index (χ3v) is 4.97. The molecule has 0 aliphatic heterocycles. The molecule has 2 aromatic rings. The van der Waals surface area contributed by atoms with E-state index in [0.29, 0.717) is 6.54 Å². The van der Waals surface area contributed by atoms with Crippen LogP contribution < -0.4 is 5.32 Å². The first-order chi connectivity index (χ1) is 10.3. The molecule has 3 nitrogen and oxygen atoms in total. The van der Waals surface area contributed by atoms with E-state index in [1.54, 1.807) is 23.9 Å². The number of carbonyl (C=O) groups excluding carboxylic acids is 1. The van der Waals surface area contributed by atoms with E-state index < -0.39 is 0 Å². The molecule has 1 amide bonds. The van der Waals surface area contributed by atoms with Crippen LogP contribution in [0.5, 0.6) is 0 Å². The summed E-state index contributed by atoms with van der Waals surface area (Å²) in [6.45, 7) is 0.713. The maximum atomic E-state index is 12.0. The molecule has 1 aliphatic rings. The van der Waals surface area contributed by atoms with Crippen molar-refractivity contribution in [3.05, 3.63) is 47.8 Å². The van der Waals surface area contributed by atoms with Crippen LogP contribution in [0.25, 0.3) is 10.4 Å². The zero-order valence-corrected chi connectivity index (χ0v) is 12.7. The standard InChI is InChI=1S/C17H19NO2S/c19-17(13-4-2-1-3-5-13)18-10-8-15-6-7-16(21-15)14-9-11-20-12-14/h1-2,6-7,9,11-13H,3-5,8,10H2,(H,18,19). The van der Waals surface area contributed by atoms with Gasteiger partial charge >= 0.3 is 0 Å². The number of allylic oxidation sites excluding steroid dienone is 2. The molecular weight excluding hydrogens is 282 g/mol. The number of nitrogens with one attached hydrogen (secondary N) is 1. The molecule has 1 atom stereocenters. The average molecular weight is 301 g/mol. The second-order valence-corrected chi connectivity index (χ2v) is 6.47. The molecule has 21 heavy (non-hydrogen) atoms. The molecule has 0 fully saturated rings. The van der Waals surface area contributed by atoms with Gasteiger partial charge in [0.1, 0.15) is 0 Å². The molecule has 2 heterocycles. The summed E-state index contributed by atoms with van der Waals surface area (Å²) in [5.41, 5.74) is 1.12. The lowest BCUT2D eigenvalue weighted by molar-refractivity contribution is -0.125. The molecule has 0 aromatic carbocycles. The van der Waals surface area contributed by atoms with Crippen molar-refractivity contribution in [2.24, 2.45) is 5.92 Å². The van der Waals surface area contributed by atoms with Crippen molar-refractivity contribution >= 4 is 17.2 Å². The maximum Gasteiger partial charge on any atom is 0.223 e. The molecule has 110 valence electrons. The normalized spacial score (nSPS) is 17.8. The Balaban J connectivity index is 1.47. The van der Waals surface area contributed by atoms with Crippen LogP contribution in [-0.2, 0) is 11.2 Å². The summed E-state index contributed by atoms with van der Waals surface area (Å²) >= 11 is 1.76. The number of thiophene rings is 1. The Morgan fingerprint density at radius 3 is 3.05 bits per heavy atom. The van der Waals surface area contributed by atoms with Crippen molar-refractivity contribution in [3.63, 3.8) is 0 Å². The van der Waals surface area contributed by atoms with Crippen molar-refractivity contribution in [2.75, 3.05) is 6.54 Å². The summed E-state index contributed by atoms with van der Waals surface area (Å²) in [6.07, 6.45) is 11.5. The van der Waals surface area contributed by atoms with Crippen LogP contribution in [0, 0.1) is 5.92 Å². The Morgan fingerprint density at radius 1 is 1.33 bits per heavy atom. The van der Waals surface area contributed by atoms with E-state index in [-0.39, 0.29) is 11.8 Å². The average Bonchev–Trinajstić information content (AvgIpc) is 3.19. The van der Waals surface area contributed by atoms with E-state index in [1.807, 2.05) is 6.07 Å². The van der Waals surface area contributed by atoms with E-state index in [0.717, 1.165) is 31.2 Å². The lowest BCUT2D eigenvalue weighted by Crippen LogP contribution is -2.32. The highest BCUT2D eigenvalue weighted by Crippen LogP contribution is 2.28. The van der Waals surface area contributed by atoms with E-state index in [9.17, 15) is 4.79 Å². The number of hydrogen-bond acceptors (Lipinski definition) is 3. The summed E-state index contributed by atoms with van der Waals surface area (Å²) in [4.78, 5) is 14.5. The van der Waals surface area contributed by atoms with Gasteiger partial charge in [0.15, 0.2) is 0 Å². The largest absolute Gasteiger partial charge is 0.472 e. The molecule has 0 radical (unpaired) electrons. The van der Waals surface area contributed by atoms with Gasteiger partial charge in [0.2, 0.25) is 5.91 Å². The number of hydrogen-bond donors (Lipinski definition) is 1. The van der Waals surface area contributed by atoms with Gasteiger partial charge < -0.3 is 9.73 Å². The maximum absolute atomic E-state index is 12.0. The van der Waals surface area contributed by atoms with Gasteiger partial charge in [0, 0.05) is 27.8 Å². The van der Waals surface area contributed by atoms with Gasteiger partial charge in [0.05, 0.1) is 12.5 Å². The zero-order valence-electron chi connectivity index (χ0n) is 11.9. The second kappa shape index (κ2) is 6.76. The molecule has 1 N–H and O–H groups in total. The third-order valence-electron chi connectivity index (χ3n) is 3.78. The first kappa shape index (κ1) is 14.1. The first-order valence-electron chi connectivity index (χ1n) is 7.37. The molecular formula is C17H19NO2S. The predicted molar refractivity (Wildman–Crippen MR) is 85.2 cm³/mol. The number of amides is 1. The van der Waals surface area contributed by atoms with Gasteiger partial charge in [0.25, 0.3) is 0 Å². The van der Waals surface area contributed by atoms with Crippen LogP contribution >= 0.6 is 11.3 Å². The minimum Gasteiger partial charge on any atom is -0.472 e. The summed E-state index contributed by atoms with van der Waals surface area (Å²) in [5.74, 6) is 0.366. The molecule has 2 aromatic heterocycles. The molecule has 0 bridgehead atoms. The third kappa shape index (κ3) is 3.64. The van der Waals surface area contributed by atoms with Crippen molar-refractivity contribution in [3.8, 4) is 10.4 Å². The topological polar surface area (TPSA) is 42.2 Å². The van der Waals surface area contributed by atoms with Crippen LogP contribution in [-0.4, -0.2) is 12.5 Å². The molecule has 4 heteroatoms. The molecule has 3 rings (SSSR count). The fraction of sp³-hybridized carbons (Fsp3) is 0.353. The minimum absolute atomic E-state index is 0.167. The molecule has 1 unspecified atom stereocenters. The summed E-state index contributed by atoms with van der Waals surface area (Å²) in [6, 6.07) is 6.20. The Hall–Kier alpha value is -1.81. The van der Waals surface area contributed by atoms with Crippen molar-refractivity contribution in [1.29, 1.82) is 0 Å². The fourth-order valence-corrected chi connectivity index (χ4v) is 3.55. The summed E-state index contributed by atoms with van der Waals surface area (Å²) < 4.78 is 5.10. The number of carbonyl (C=O) groups is 1. The lowest BCUT2D eigenvalue weighted by atomic mass is 9.94. The Kier molecular flexibility index (Phi) is 4.55. The van der Waals surface area contributed by atoms with E-state index in [1.165, 1.54) is 9.75 Å². The van der Waals surface area contributed by atoms with Crippen LogP contribution in [0.1, 0.15) is 24.1 Å². The fourth-order valence-electron chi connectivity index (χ4n) is 2.56. The van der Waals surface area contributed by atoms with Gasteiger partial charge in [-0.3, -0.25) is 4.79 Å². The van der Waals surface area contributed by atoms with Crippen molar-refractivity contribution in [2.45, 2.75) is 25.7 Å². The van der Waals surface area contributed by atoms with Gasteiger partial charge in [-0.2, -0.15) is 0 Å². The SMILES string of the molecule is O=C(NCCc1ccc(-c2ccoc2)s1)C1CC=CCC1. The highest BCUT2D eigenvalue weighted by atomic mass is 32.1. The molecule has 0 saturated carbocycles. The monoisotopic (exact) mass is 301 g/mol. The predicted octanol–water partition coefficient (Wildman–Crippen LogP) is 4.02. The van der Waals surface area contributed by atoms with Crippen molar-refractivity contribution in [1.82, 2.24) is 5.32 Å². The van der Waals surface area contributed by atoms with Gasteiger partial charge in [-0.1, -0.05) is 12.2 Å². The summed E-state index contributed by atoms with van der Waals surface area (Å²) in [7, 11) is 0. The smallest absolute Gasteiger partial charge is 0.223 e. The second-order valence-electron chi connectivity index (χ2n) is 5.30. The van der Waals surface area contributed by atoms with E-state index >= 15 is 0 Å². The van der Waals surface area contributed by atoms with Crippen LogP contribution in [0.2, 0.25) is 0 Å². The van der Waals surface area contributed by atoms with Gasteiger partial charge in [-0.05, 0) is 43.9 Å². The number of rotatable bonds is 5. The Bertz CT molecular complexity index is 613. The highest BCUT2D eigenvalue weighted by Gasteiger charge is 2.17. The van der Waals surface area contributed by atoms with Crippen molar-refractivity contribution < 1.29 is 9.21 Å². The minimum atomic E-state index is 0.167. The Morgan fingerprint density at radius 2 is 2.29 bits per heavy atom.